The SMILES string of the molecule is CN1C(=O)C2CC(C1=O)C1C(=O)N(c3cccc(N4C(=O)C5CC(C4=O)C4C(=O)N(c6ccccc6)C(=O)CC54)c3)C(=O)CC21. The maximum Gasteiger partial charge on any atom is 0.237 e. The maximum atomic E-state index is 13.9. The molecule has 8 amide bonds. The molecule has 12 heteroatoms. The summed E-state index contributed by atoms with van der Waals surface area (Å²) in [4.78, 5) is 112. The van der Waals surface area contributed by atoms with E-state index in [4.69, 9.17) is 0 Å². The number of amides is 8. The van der Waals surface area contributed by atoms with Crippen molar-refractivity contribution in [1.29, 1.82) is 0 Å². The van der Waals surface area contributed by atoms with Gasteiger partial charge in [-0.25, -0.2) is 4.90 Å². The third kappa shape index (κ3) is 3.65. The van der Waals surface area contributed by atoms with Crippen molar-refractivity contribution >= 4 is 64.3 Å². The number of rotatable bonds is 3. The van der Waals surface area contributed by atoms with Gasteiger partial charge >= 0.3 is 0 Å². The zero-order valence-electron chi connectivity index (χ0n) is 24.2. The Morgan fingerprint density at radius 2 is 0.933 bits per heavy atom. The molecule has 6 fully saturated rings. The van der Waals surface area contributed by atoms with Crippen LogP contribution in [0.25, 0.3) is 0 Å². The number of hydrogen-bond donors (Lipinski definition) is 0. The van der Waals surface area contributed by atoms with Gasteiger partial charge in [0.2, 0.25) is 47.3 Å². The zero-order chi connectivity index (χ0) is 31.5. The topological polar surface area (TPSA) is 150 Å². The number of para-hydroxylation sites is 1. The number of carbonyl (C=O) groups is 8. The molecule has 2 aromatic carbocycles. The van der Waals surface area contributed by atoms with E-state index in [0.717, 1.165) is 19.6 Å². The van der Waals surface area contributed by atoms with Crippen LogP contribution in [0.5, 0.6) is 0 Å². The van der Waals surface area contributed by atoms with Crippen LogP contribution < -0.4 is 14.7 Å². The molecule has 0 spiro atoms. The summed E-state index contributed by atoms with van der Waals surface area (Å²) in [6.45, 7) is 0. The quantitative estimate of drug-likeness (QED) is 0.476. The van der Waals surface area contributed by atoms with E-state index in [1.165, 1.54) is 31.3 Å². The van der Waals surface area contributed by atoms with Crippen molar-refractivity contribution < 1.29 is 38.4 Å². The van der Waals surface area contributed by atoms with Gasteiger partial charge in [0.05, 0.1) is 40.7 Å². The van der Waals surface area contributed by atoms with Crippen LogP contribution in [-0.2, 0) is 38.4 Å². The molecule has 4 bridgehead atoms. The predicted molar refractivity (Wildman–Crippen MR) is 155 cm³/mol. The second-order valence-corrected chi connectivity index (χ2v) is 12.9. The van der Waals surface area contributed by atoms with Crippen LogP contribution in [0, 0.1) is 47.3 Å². The highest BCUT2D eigenvalue weighted by atomic mass is 16.2. The van der Waals surface area contributed by atoms with Crippen LogP contribution in [-0.4, -0.2) is 59.2 Å². The molecule has 4 aliphatic heterocycles. The highest BCUT2D eigenvalue weighted by Crippen LogP contribution is 2.54. The molecule has 8 atom stereocenters. The van der Waals surface area contributed by atoms with Crippen molar-refractivity contribution in [2.75, 3.05) is 21.7 Å². The van der Waals surface area contributed by atoms with Crippen molar-refractivity contribution in [1.82, 2.24) is 4.90 Å². The minimum absolute atomic E-state index is 0.0444. The van der Waals surface area contributed by atoms with Crippen molar-refractivity contribution in [3.8, 4) is 0 Å². The number of imide groups is 4. The lowest BCUT2D eigenvalue weighted by Crippen LogP contribution is -2.51. The molecule has 4 saturated heterocycles. The van der Waals surface area contributed by atoms with E-state index < -0.39 is 88.7 Å². The Bertz CT molecular complexity index is 1770. The normalized spacial score (nSPS) is 34.2. The Balaban J connectivity index is 1.10. The van der Waals surface area contributed by atoms with E-state index >= 15 is 0 Å². The number of anilines is 3. The Hall–Kier alpha value is -5.00. The van der Waals surface area contributed by atoms with Gasteiger partial charge in [-0.15, -0.1) is 0 Å². The van der Waals surface area contributed by atoms with Crippen LogP contribution in [0.3, 0.4) is 0 Å². The van der Waals surface area contributed by atoms with Crippen LogP contribution in [0.15, 0.2) is 54.6 Å². The highest BCUT2D eigenvalue weighted by molar-refractivity contribution is 6.25. The standard InChI is InChI=1S/C33H28N4O8/c1-34-28(40)20-11-22(29(34)41)26-18(20)13-25(39)36(33(26)45)16-8-5-9-17(10-16)37-30(42)21-12-23(31(37)43)27-19(21)14-24(38)35(32(27)44)15-6-3-2-4-7-15/h2-10,18-23,26-27H,11-14H2,1H3. The fourth-order valence-electron chi connectivity index (χ4n) is 8.93. The molecule has 228 valence electrons. The van der Waals surface area contributed by atoms with Crippen LogP contribution in [0.1, 0.15) is 25.7 Å². The highest BCUT2D eigenvalue weighted by Gasteiger charge is 2.63. The molecule has 0 aromatic heterocycles. The van der Waals surface area contributed by atoms with E-state index in [9.17, 15) is 38.4 Å². The molecule has 4 heterocycles. The maximum absolute atomic E-state index is 13.9. The number of hydrogen-bond acceptors (Lipinski definition) is 8. The number of fused-ring (bicyclic) bond motifs is 10. The number of likely N-dealkylation sites (tertiary alicyclic amines) is 1. The molecule has 0 N–H and O–H groups in total. The fraction of sp³-hybridized carbons (Fsp3) is 0.394. The van der Waals surface area contributed by atoms with Crippen molar-refractivity contribution in [2.24, 2.45) is 47.3 Å². The largest absolute Gasteiger partial charge is 0.285 e. The van der Waals surface area contributed by atoms with Crippen molar-refractivity contribution in [3.05, 3.63) is 54.6 Å². The Morgan fingerprint density at radius 1 is 0.489 bits per heavy atom. The van der Waals surface area contributed by atoms with Gasteiger partial charge < -0.3 is 0 Å². The van der Waals surface area contributed by atoms with Gasteiger partial charge in [-0.05, 0) is 55.0 Å². The van der Waals surface area contributed by atoms with E-state index in [0.29, 0.717) is 5.69 Å². The smallest absolute Gasteiger partial charge is 0.237 e. The van der Waals surface area contributed by atoms with E-state index in [2.05, 4.69) is 0 Å². The summed E-state index contributed by atoms with van der Waals surface area (Å²) in [6, 6.07) is 14.5. The predicted octanol–water partition coefficient (Wildman–Crippen LogP) is 1.52. The summed E-state index contributed by atoms with van der Waals surface area (Å²) in [7, 11) is 1.40. The summed E-state index contributed by atoms with van der Waals surface area (Å²) in [5, 5.41) is 0. The van der Waals surface area contributed by atoms with Crippen molar-refractivity contribution in [2.45, 2.75) is 25.7 Å². The fourth-order valence-corrected chi connectivity index (χ4v) is 8.93. The minimum atomic E-state index is -0.833. The Kier molecular flexibility index (Phi) is 5.81. The Morgan fingerprint density at radius 3 is 1.53 bits per heavy atom. The molecule has 12 nitrogen and oxygen atoms in total. The van der Waals surface area contributed by atoms with Gasteiger partial charge in [0.1, 0.15) is 0 Å². The van der Waals surface area contributed by atoms with Crippen molar-refractivity contribution in [3.63, 3.8) is 0 Å². The first-order chi connectivity index (χ1) is 21.6. The molecule has 2 saturated carbocycles. The van der Waals surface area contributed by atoms with E-state index in [-0.39, 0.29) is 43.0 Å². The molecule has 2 aromatic rings. The minimum Gasteiger partial charge on any atom is -0.285 e. The summed E-state index contributed by atoms with van der Waals surface area (Å²) < 4.78 is 0. The molecule has 2 aliphatic carbocycles. The first-order valence-corrected chi connectivity index (χ1v) is 15.2. The van der Waals surface area contributed by atoms with Crippen LogP contribution in [0.4, 0.5) is 17.1 Å². The first kappa shape index (κ1) is 27.5. The molecular formula is C33H28N4O8. The molecule has 8 unspecified atom stereocenters. The lowest BCUT2D eigenvalue weighted by Gasteiger charge is -2.35. The molecular weight excluding hydrogens is 580 g/mol. The third-order valence-electron chi connectivity index (χ3n) is 10.9. The van der Waals surface area contributed by atoms with Gasteiger partial charge in [-0.2, -0.15) is 0 Å². The van der Waals surface area contributed by atoms with Gasteiger partial charge in [0.15, 0.2) is 0 Å². The lowest BCUT2D eigenvalue weighted by molar-refractivity contribution is -0.152. The average molecular weight is 609 g/mol. The van der Waals surface area contributed by atoms with Crippen LogP contribution >= 0.6 is 0 Å². The van der Waals surface area contributed by atoms with Gasteiger partial charge in [-0.1, -0.05) is 24.3 Å². The van der Waals surface area contributed by atoms with E-state index in [1.807, 2.05) is 0 Å². The summed E-state index contributed by atoms with van der Waals surface area (Å²) in [5.74, 6) is -9.54. The molecule has 45 heavy (non-hydrogen) atoms. The monoisotopic (exact) mass is 608 g/mol. The van der Waals surface area contributed by atoms with E-state index in [1.54, 1.807) is 30.3 Å². The second kappa shape index (κ2) is 9.50. The summed E-state index contributed by atoms with van der Waals surface area (Å²) in [6.07, 6.45) is 0.269. The van der Waals surface area contributed by atoms with Gasteiger partial charge in [0.25, 0.3) is 0 Å². The number of piperidine rings is 4. The third-order valence-corrected chi connectivity index (χ3v) is 10.9. The number of carbonyl (C=O) groups excluding carboxylic acids is 8. The summed E-state index contributed by atoms with van der Waals surface area (Å²) in [5.41, 5.74) is 0.707. The second-order valence-electron chi connectivity index (χ2n) is 12.9. The zero-order valence-corrected chi connectivity index (χ0v) is 24.2. The first-order valence-electron chi connectivity index (χ1n) is 15.2. The van der Waals surface area contributed by atoms with Gasteiger partial charge in [0, 0.05) is 31.7 Å². The molecule has 8 rings (SSSR count). The average Bonchev–Trinajstić information content (AvgIpc) is 3.55. The number of nitrogens with zero attached hydrogens (tertiary/aromatic N) is 4. The summed E-state index contributed by atoms with van der Waals surface area (Å²) >= 11 is 0. The molecule has 6 aliphatic rings. The number of benzene rings is 2. The lowest BCUT2D eigenvalue weighted by atomic mass is 9.80. The van der Waals surface area contributed by atoms with Gasteiger partial charge in [-0.3, -0.25) is 53.1 Å². The Labute approximate surface area is 256 Å². The molecule has 0 radical (unpaired) electrons. The van der Waals surface area contributed by atoms with Crippen LogP contribution in [0.2, 0.25) is 0 Å².